The second-order valence-electron chi connectivity index (χ2n) is 7.65. The van der Waals surface area contributed by atoms with E-state index in [-0.39, 0.29) is 11.4 Å². The van der Waals surface area contributed by atoms with Crippen molar-refractivity contribution in [1.29, 1.82) is 0 Å². The summed E-state index contributed by atoms with van der Waals surface area (Å²) in [5.41, 5.74) is 0.201. The smallest absolute Gasteiger partial charge is 0.317 e. The third-order valence-corrected chi connectivity index (χ3v) is 5.48. The van der Waals surface area contributed by atoms with Crippen LogP contribution in [-0.2, 0) is 4.74 Å². The lowest BCUT2D eigenvalue weighted by Gasteiger charge is -2.47. The Hall–Kier alpha value is -2.83. The molecule has 148 valence electrons. The minimum atomic E-state index is -0.00531. The molecule has 1 N–H and O–H groups in total. The van der Waals surface area contributed by atoms with E-state index < -0.39 is 0 Å². The van der Waals surface area contributed by atoms with E-state index in [1.54, 1.807) is 18.6 Å². The number of amides is 2. The highest BCUT2D eigenvalue weighted by molar-refractivity contribution is 5.75. The van der Waals surface area contributed by atoms with Crippen molar-refractivity contribution in [2.45, 2.75) is 19.3 Å². The highest BCUT2D eigenvalue weighted by Gasteiger charge is 2.49. The lowest BCUT2D eigenvalue weighted by Crippen LogP contribution is -2.61. The zero-order chi connectivity index (χ0) is 19.2. The number of hydrogen-bond donors (Lipinski definition) is 1. The monoisotopic (exact) mass is 381 g/mol. The molecule has 2 saturated heterocycles. The van der Waals surface area contributed by atoms with Gasteiger partial charge in [0.2, 0.25) is 0 Å². The van der Waals surface area contributed by atoms with Gasteiger partial charge in [0.05, 0.1) is 12.7 Å². The molecule has 1 aromatic heterocycles. The van der Waals surface area contributed by atoms with Crippen LogP contribution in [0.3, 0.4) is 0 Å². The van der Waals surface area contributed by atoms with Crippen molar-refractivity contribution < 1.29 is 9.53 Å². The van der Waals surface area contributed by atoms with Crippen molar-refractivity contribution >= 4 is 11.8 Å². The van der Waals surface area contributed by atoms with Gasteiger partial charge in [-0.1, -0.05) is 18.2 Å². The quantitative estimate of drug-likeness (QED) is 0.794. The van der Waals surface area contributed by atoms with E-state index in [9.17, 15) is 4.79 Å². The van der Waals surface area contributed by atoms with Gasteiger partial charge >= 0.3 is 6.03 Å². The topological polar surface area (TPSA) is 70.6 Å². The Morgan fingerprint density at radius 2 is 2.11 bits per heavy atom. The number of rotatable bonds is 5. The SMILES string of the molecule is O=C(NCCOC1=C/C=CCC/C=C\1)N1CC2(CCN(c3cnccn3)C2)C1. The molecule has 1 aliphatic carbocycles. The summed E-state index contributed by atoms with van der Waals surface area (Å²) in [6.07, 6.45) is 18.6. The summed E-state index contributed by atoms with van der Waals surface area (Å²) >= 11 is 0. The van der Waals surface area contributed by atoms with Crippen LogP contribution in [0.4, 0.5) is 10.6 Å². The number of ether oxygens (including phenoxy) is 1. The molecule has 0 aromatic carbocycles. The van der Waals surface area contributed by atoms with Crippen LogP contribution in [-0.4, -0.2) is 60.2 Å². The minimum absolute atomic E-state index is 0.00531. The first-order valence-corrected chi connectivity index (χ1v) is 9.94. The van der Waals surface area contributed by atoms with E-state index in [1.807, 2.05) is 23.1 Å². The first kappa shape index (κ1) is 18.5. The molecule has 2 amide bonds. The fourth-order valence-electron chi connectivity index (χ4n) is 3.99. The van der Waals surface area contributed by atoms with Crippen LogP contribution in [0, 0.1) is 5.41 Å². The Morgan fingerprint density at radius 3 is 2.96 bits per heavy atom. The summed E-state index contributed by atoms with van der Waals surface area (Å²) in [4.78, 5) is 25.0. The minimum Gasteiger partial charge on any atom is -0.492 e. The molecule has 2 fully saturated rings. The van der Waals surface area contributed by atoms with Crippen LogP contribution < -0.4 is 10.2 Å². The van der Waals surface area contributed by atoms with Gasteiger partial charge in [0.1, 0.15) is 18.2 Å². The molecule has 1 spiro atoms. The number of hydrogen-bond acceptors (Lipinski definition) is 5. The number of urea groups is 1. The molecule has 0 radical (unpaired) electrons. The Bertz CT molecular complexity index is 768. The van der Waals surface area contributed by atoms with Crippen molar-refractivity contribution in [3.05, 3.63) is 54.7 Å². The van der Waals surface area contributed by atoms with Crippen LogP contribution in [0.1, 0.15) is 19.3 Å². The number of likely N-dealkylation sites (tertiary alicyclic amines) is 1. The van der Waals surface area contributed by atoms with Crippen LogP contribution in [0.25, 0.3) is 0 Å². The number of allylic oxidation sites excluding steroid dienone is 5. The van der Waals surface area contributed by atoms with Gasteiger partial charge in [0.25, 0.3) is 0 Å². The molecule has 4 rings (SSSR count). The lowest BCUT2D eigenvalue weighted by molar-refractivity contribution is 0.0485. The Kier molecular flexibility index (Phi) is 5.60. The molecule has 0 unspecified atom stereocenters. The third kappa shape index (κ3) is 4.35. The van der Waals surface area contributed by atoms with Crippen molar-refractivity contribution in [3.8, 4) is 0 Å². The van der Waals surface area contributed by atoms with Crippen LogP contribution >= 0.6 is 0 Å². The van der Waals surface area contributed by atoms with Gasteiger partial charge in [-0.3, -0.25) is 4.98 Å². The highest BCUT2D eigenvalue weighted by atomic mass is 16.5. The average Bonchev–Trinajstić information content (AvgIpc) is 3.12. The van der Waals surface area contributed by atoms with E-state index in [0.717, 1.165) is 57.0 Å². The largest absolute Gasteiger partial charge is 0.492 e. The third-order valence-electron chi connectivity index (χ3n) is 5.48. The molecule has 0 bridgehead atoms. The normalized spacial score (nSPS) is 23.4. The predicted molar refractivity (Wildman–Crippen MR) is 108 cm³/mol. The van der Waals surface area contributed by atoms with E-state index in [0.29, 0.717) is 13.2 Å². The van der Waals surface area contributed by atoms with E-state index in [2.05, 4.69) is 32.3 Å². The van der Waals surface area contributed by atoms with Gasteiger partial charge in [-0.15, -0.1) is 0 Å². The Labute approximate surface area is 165 Å². The van der Waals surface area contributed by atoms with E-state index >= 15 is 0 Å². The highest BCUT2D eigenvalue weighted by Crippen LogP contribution is 2.40. The average molecular weight is 381 g/mol. The molecule has 3 aliphatic rings. The lowest BCUT2D eigenvalue weighted by atomic mass is 9.79. The first-order valence-electron chi connectivity index (χ1n) is 9.94. The summed E-state index contributed by atoms with van der Waals surface area (Å²) < 4.78 is 5.73. The fraction of sp³-hybridized carbons (Fsp3) is 0.476. The summed E-state index contributed by atoms with van der Waals surface area (Å²) in [7, 11) is 0. The molecule has 7 nitrogen and oxygen atoms in total. The van der Waals surface area contributed by atoms with Gasteiger partial charge in [0, 0.05) is 44.0 Å². The zero-order valence-electron chi connectivity index (χ0n) is 16.1. The molecule has 0 saturated carbocycles. The molecular weight excluding hydrogens is 354 g/mol. The molecular formula is C21H27N5O2. The first-order chi connectivity index (χ1) is 13.7. The Morgan fingerprint density at radius 1 is 1.21 bits per heavy atom. The van der Waals surface area contributed by atoms with Crippen LogP contribution in [0.5, 0.6) is 0 Å². The van der Waals surface area contributed by atoms with Gasteiger partial charge in [-0.05, 0) is 31.4 Å². The molecule has 1 aromatic rings. The summed E-state index contributed by atoms with van der Waals surface area (Å²) in [6.45, 7) is 4.48. The van der Waals surface area contributed by atoms with Gasteiger partial charge in [-0.25, -0.2) is 9.78 Å². The van der Waals surface area contributed by atoms with Crippen molar-refractivity contribution in [3.63, 3.8) is 0 Å². The standard InChI is InChI=1S/C21H27N5O2/c27-20(24-11-13-28-18-6-4-2-1-3-5-7-18)26-16-21(17-26)8-12-25(15-21)19-14-22-9-10-23-19/h2,4-7,9-10,14H,1,3,8,11-13,15-17H2,(H,24,27)/b4-2?,7-5-,18-6+. The molecule has 28 heavy (non-hydrogen) atoms. The molecule has 3 heterocycles. The van der Waals surface area contributed by atoms with Crippen LogP contribution in [0.15, 0.2) is 54.7 Å². The van der Waals surface area contributed by atoms with Crippen molar-refractivity contribution in [2.75, 3.05) is 44.2 Å². The summed E-state index contributed by atoms with van der Waals surface area (Å²) in [5.74, 6) is 1.76. The maximum Gasteiger partial charge on any atom is 0.317 e. The van der Waals surface area contributed by atoms with Crippen LogP contribution in [0.2, 0.25) is 0 Å². The van der Waals surface area contributed by atoms with E-state index in [4.69, 9.17) is 4.74 Å². The van der Waals surface area contributed by atoms with Crippen molar-refractivity contribution in [2.24, 2.45) is 5.41 Å². The molecule has 2 aliphatic heterocycles. The number of nitrogens with one attached hydrogen (secondary N) is 1. The number of nitrogens with zero attached hydrogens (tertiary/aromatic N) is 4. The second kappa shape index (κ2) is 8.46. The summed E-state index contributed by atoms with van der Waals surface area (Å²) in [5, 5.41) is 2.96. The Balaban J connectivity index is 1.17. The number of carbonyl (C=O) groups excluding carboxylic acids is 1. The van der Waals surface area contributed by atoms with Crippen molar-refractivity contribution in [1.82, 2.24) is 20.2 Å². The molecule has 7 heteroatoms. The van der Waals surface area contributed by atoms with E-state index in [1.165, 1.54) is 0 Å². The fourth-order valence-corrected chi connectivity index (χ4v) is 3.99. The maximum atomic E-state index is 12.4. The number of anilines is 1. The van der Waals surface area contributed by atoms with Gasteiger partial charge < -0.3 is 19.9 Å². The van der Waals surface area contributed by atoms with Gasteiger partial charge in [-0.2, -0.15) is 0 Å². The molecule has 0 atom stereocenters. The predicted octanol–water partition coefficient (Wildman–Crippen LogP) is 2.51. The van der Waals surface area contributed by atoms with Gasteiger partial charge in [0.15, 0.2) is 0 Å². The second-order valence-corrected chi connectivity index (χ2v) is 7.65. The zero-order valence-corrected chi connectivity index (χ0v) is 16.1. The number of aromatic nitrogens is 2. The summed E-state index contributed by atoms with van der Waals surface area (Å²) in [6, 6.07) is -0.00531. The number of carbonyl (C=O) groups is 1. The maximum absolute atomic E-state index is 12.4.